The molecule has 0 aliphatic carbocycles. The van der Waals surface area contributed by atoms with Crippen molar-refractivity contribution in [2.75, 3.05) is 12.4 Å². The third-order valence-electron chi connectivity index (χ3n) is 3.19. The second kappa shape index (κ2) is 5.48. The second-order valence-electron chi connectivity index (χ2n) is 5.86. The normalized spacial score (nSPS) is 11.7. The Balaban J connectivity index is 2.50. The fourth-order valence-corrected chi connectivity index (χ4v) is 2.87. The van der Waals surface area contributed by atoms with Crippen molar-refractivity contribution in [2.45, 2.75) is 46.5 Å². The standard InChI is InChI=1S/C15H22N4S/c1-7-10-9(2)12(16-6)19-13(17-10)11-8-20-14(18-11)15(3,4)5/h8H,7H2,1-6H3,(H,16,17,19). The third-order valence-corrected chi connectivity index (χ3v) is 4.46. The minimum Gasteiger partial charge on any atom is -0.373 e. The SMILES string of the molecule is CCc1nc(-c2csc(C(C)(C)C)n2)nc(NC)c1C. The van der Waals surface area contributed by atoms with Crippen molar-refractivity contribution in [2.24, 2.45) is 0 Å². The van der Waals surface area contributed by atoms with Crippen LogP contribution < -0.4 is 5.32 Å². The van der Waals surface area contributed by atoms with E-state index < -0.39 is 0 Å². The van der Waals surface area contributed by atoms with Crippen LogP contribution in [0.3, 0.4) is 0 Å². The molecule has 0 fully saturated rings. The smallest absolute Gasteiger partial charge is 0.181 e. The second-order valence-corrected chi connectivity index (χ2v) is 6.72. The predicted octanol–water partition coefficient (Wildman–Crippen LogP) is 3.81. The van der Waals surface area contributed by atoms with Crippen LogP contribution in [0.5, 0.6) is 0 Å². The molecule has 0 aliphatic rings. The number of hydrogen-bond donors (Lipinski definition) is 1. The minimum atomic E-state index is 0.0625. The Morgan fingerprint density at radius 3 is 2.40 bits per heavy atom. The van der Waals surface area contributed by atoms with Gasteiger partial charge in [0.25, 0.3) is 0 Å². The van der Waals surface area contributed by atoms with E-state index in [2.05, 4.69) is 49.9 Å². The first-order chi connectivity index (χ1) is 9.36. The molecule has 2 aromatic rings. The summed E-state index contributed by atoms with van der Waals surface area (Å²) >= 11 is 1.67. The van der Waals surface area contributed by atoms with Crippen molar-refractivity contribution in [1.82, 2.24) is 15.0 Å². The summed E-state index contributed by atoms with van der Waals surface area (Å²) in [7, 11) is 1.89. The highest BCUT2D eigenvalue weighted by molar-refractivity contribution is 7.10. The van der Waals surface area contributed by atoms with Gasteiger partial charge in [0, 0.05) is 29.1 Å². The lowest BCUT2D eigenvalue weighted by Gasteiger charge is -2.13. The van der Waals surface area contributed by atoms with Gasteiger partial charge in [0.2, 0.25) is 0 Å². The average Bonchev–Trinajstić information content (AvgIpc) is 2.88. The molecule has 2 rings (SSSR count). The van der Waals surface area contributed by atoms with Crippen molar-refractivity contribution in [3.05, 3.63) is 21.6 Å². The molecule has 0 radical (unpaired) electrons. The topological polar surface area (TPSA) is 50.7 Å². The van der Waals surface area contributed by atoms with Gasteiger partial charge in [0.1, 0.15) is 11.5 Å². The van der Waals surface area contributed by atoms with E-state index in [4.69, 9.17) is 4.98 Å². The van der Waals surface area contributed by atoms with Crippen LogP contribution in [0, 0.1) is 6.92 Å². The molecule has 20 heavy (non-hydrogen) atoms. The van der Waals surface area contributed by atoms with Gasteiger partial charge in [0.05, 0.1) is 5.01 Å². The summed E-state index contributed by atoms with van der Waals surface area (Å²) < 4.78 is 0. The molecular weight excluding hydrogens is 268 g/mol. The number of hydrogen-bond acceptors (Lipinski definition) is 5. The lowest BCUT2D eigenvalue weighted by molar-refractivity contribution is 0.586. The maximum absolute atomic E-state index is 4.70. The van der Waals surface area contributed by atoms with Crippen LogP contribution >= 0.6 is 11.3 Å². The van der Waals surface area contributed by atoms with Crippen molar-refractivity contribution in [1.29, 1.82) is 0 Å². The van der Waals surface area contributed by atoms with Crippen molar-refractivity contribution in [3.63, 3.8) is 0 Å². The molecule has 2 aromatic heterocycles. The monoisotopic (exact) mass is 290 g/mol. The maximum atomic E-state index is 4.70. The van der Waals surface area contributed by atoms with Crippen LogP contribution in [-0.4, -0.2) is 22.0 Å². The van der Waals surface area contributed by atoms with E-state index in [1.54, 1.807) is 11.3 Å². The molecule has 0 aromatic carbocycles. The van der Waals surface area contributed by atoms with Crippen LogP contribution in [0.25, 0.3) is 11.5 Å². The first-order valence-electron chi connectivity index (χ1n) is 6.88. The summed E-state index contributed by atoms with van der Waals surface area (Å²) in [4.78, 5) is 13.9. The molecule has 0 saturated carbocycles. The van der Waals surface area contributed by atoms with Crippen molar-refractivity contribution in [3.8, 4) is 11.5 Å². The summed E-state index contributed by atoms with van der Waals surface area (Å²) in [6.45, 7) is 10.7. The Labute approximate surface area is 124 Å². The fourth-order valence-electron chi connectivity index (χ4n) is 1.99. The van der Waals surface area contributed by atoms with E-state index >= 15 is 0 Å². The maximum Gasteiger partial charge on any atom is 0.181 e. The highest BCUT2D eigenvalue weighted by atomic mass is 32.1. The highest BCUT2D eigenvalue weighted by Crippen LogP contribution is 2.29. The Bertz CT molecular complexity index is 586. The first-order valence-corrected chi connectivity index (χ1v) is 7.76. The molecule has 0 saturated heterocycles. The van der Waals surface area contributed by atoms with Gasteiger partial charge < -0.3 is 5.32 Å². The molecule has 0 bridgehead atoms. The van der Waals surface area contributed by atoms with E-state index in [1.165, 1.54) is 0 Å². The molecule has 0 aliphatic heterocycles. The van der Waals surface area contributed by atoms with Gasteiger partial charge in [-0.25, -0.2) is 15.0 Å². The number of aromatic nitrogens is 3. The predicted molar refractivity (Wildman–Crippen MR) is 85.5 cm³/mol. The lowest BCUT2D eigenvalue weighted by atomic mass is 9.98. The Hall–Kier alpha value is -1.49. The van der Waals surface area contributed by atoms with Crippen molar-refractivity contribution >= 4 is 17.2 Å². The average molecular weight is 290 g/mol. The molecule has 108 valence electrons. The number of thiazole rings is 1. The molecule has 0 atom stereocenters. The fraction of sp³-hybridized carbons (Fsp3) is 0.533. The van der Waals surface area contributed by atoms with Gasteiger partial charge >= 0.3 is 0 Å². The van der Waals surface area contributed by atoms with Gasteiger partial charge in [-0.15, -0.1) is 11.3 Å². The van der Waals surface area contributed by atoms with Gasteiger partial charge in [-0.3, -0.25) is 0 Å². The number of rotatable bonds is 3. The summed E-state index contributed by atoms with van der Waals surface area (Å²) in [5.74, 6) is 1.60. The number of nitrogens with zero attached hydrogens (tertiary/aromatic N) is 3. The molecular formula is C15H22N4S. The van der Waals surface area contributed by atoms with Crippen LogP contribution in [0.1, 0.15) is 44.0 Å². The highest BCUT2D eigenvalue weighted by Gasteiger charge is 2.20. The summed E-state index contributed by atoms with van der Waals surface area (Å²) in [6.07, 6.45) is 0.895. The molecule has 4 nitrogen and oxygen atoms in total. The molecule has 2 heterocycles. The molecule has 0 amide bonds. The number of nitrogens with one attached hydrogen (secondary N) is 1. The lowest BCUT2D eigenvalue weighted by Crippen LogP contribution is -2.10. The van der Waals surface area contributed by atoms with Crippen molar-refractivity contribution < 1.29 is 0 Å². The molecule has 0 unspecified atom stereocenters. The third kappa shape index (κ3) is 2.82. The van der Waals surface area contributed by atoms with Gasteiger partial charge in [-0.2, -0.15) is 0 Å². The Kier molecular flexibility index (Phi) is 4.09. The van der Waals surface area contributed by atoms with Crippen LogP contribution in [0.4, 0.5) is 5.82 Å². The van der Waals surface area contributed by atoms with Crippen LogP contribution in [-0.2, 0) is 11.8 Å². The van der Waals surface area contributed by atoms with E-state index in [0.717, 1.165) is 34.2 Å². The largest absolute Gasteiger partial charge is 0.373 e. The van der Waals surface area contributed by atoms with Crippen LogP contribution in [0.2, 0.25) is 0 Å². The van der Waals surface area contributed by atoms with Crippen LogP contribution in [0.15, 0.2) is 5.38 Å². The summed E-state index contributed by atoms with van der Waals surface area (Å²) in [6, 6.07) is 0. The van der Waals surface area contributed by atoms with Gasteiger partial charge in [-0.05, 0) is 13.3 Å². The van der Waals surface area contributed by atoms with E-state index in [1.807, 2.05) is 12.4 Å². The molecule has 0 spiro atoms. The Morgan fingerprint density at radius 1 is 1.20 bits per heavy atom. The zero-order valence-corrected chi connectivity index (χ0v) is 13.9. The van der Waals surface area contributed by atoms with Gasteiger partial charge in [0.15, 0.2) is 5.82 Å². The molecule has 5 heteroatoms. The Morgan fingerprint density at radius 2 is 1.90 bits per heavy atom. The summed E-state index contributed by atoms with van der Waals surface area (Å²) in [5.41, 5.74) is 3.12. The first kappa shape index (κ1) is 14.9. The zero-order valence-electron chi connectivity index (χ0n) is 13.0. The molecule has 1 N–H and O–H groups in total. The van der Waals surface area contributed by atoms with E-state index in [0.29, 0.717) is 5.82 Å². The quantitative estimate of drug-likeness (QED) is 0.934. The summed E-state index contributed by atoms with van der Waals surface area (Å²) in [5, 5.41) is 6.30. The van der Waals surface area contributed by atoms with Gasteiger partial charge in [-0.1, -0.05) is 27.7 Å². The minimum absolute atomic E-state index is 0.0625. The zero-order chi connectivity index (χ0) is 14.9. The van der Waals surface area contributed by atoms with E-state index in [9.17, 15) is 0 Å². The van der Waals surface area contributed by atoms with E-state index in [-0.39, 0.29) is 5.41 Å². The number of anilines is 1. The number of aryl methyl sites for hydroxylation is 1.